The third kappa shape index (κ3) is 3.20. The molecule has 0 aliphatic carbocycles. The predicted molar refractivity (Wildman–Crippen MR) is 95.4 cm³/mol. The molecular formula is C18H17N3OS2. The molecule has 2 N–H and O–H groups in total. The highest BCUT2D eigenvalue weighted by molar-refractivity contribution is 8.01. The van der Waals surface area contributed by atoms with Gasteiger partial charge in [-0.2, -0.15) is 5.26 Å². The van der Waals surface area contributed by atoms with Crippen LogP contribution in [0.4, 0.5) is 0 Å². The summed E-state index contributed by atoms with van der Waals surface area (Å²) >= 11 is 3.17. The van der Waals surface area contributed by atoms with Crippen LogP contribution in [0, 0.1) is 11.3 Å². The van der Waals surface area contributed by atoms with Gasteiger partial charge in [-0.05, 0) is 49.6 Å². The van der Waals surface area contributed by atoms with Crippen molar-refractivity contribution >= 4 is 29.0 Å². The second-order valence-electron chi connectivity index (χ2n) is 6.26. The molecule has 1 aromatic carbocycles. The maximum atomic E-state index is 12.4. The maximum absolute atomic E-state index is 12.4. The van der Waals surface area contributed by atoms with E-state index >= 15 is 0 Å². The Balaban J connectivity index is 1.38. The summed E-state index contributed by atoms with van der Waals surface area (Å²) in [6.07, 6.45) is 3.44. The number of hydrogen-bond acceptors (Lipinski definition) is 5. The summed E-state index contributed by atoms with van der Waals surface area (Å²) in [6, 6.07) is 13.0. The molecule has 0 spiro atoms. The SMILES string of the molecule is N#Cc1csc(Sc2ccc(C(=O)NC3CC4CCC3N4)cc2)c1. The summed E-state index contributed by atoms with van der Waals surface area (Å²) in [5.41, 5.74) is 1.39. The van der Waals surface area contributed by atoms with E-state index in [-0.39, 0.29) is 11.9 Å². The minimum atomic E-state index is 0.00814. The molecule has 2 saturated heterocycles. The van der Waals surface area contributed by atoms with E-state index in [4.69, 9.17) is 5.26 Å². The number of benzene rings is 1. The third-order valence-electron chi connectivity index (χ3n) is 4.66. The maximum Gasteiger partial charge on any atom is 0.251 e. The molecule has 1 aromatic heterocycles. The Hall–Kier alpha value is -1.81. The molecule has 4 nitrogen and oxygen atoms in total. The van der Waals surface area contributed by atoms with Crippen molar-refractivity contribution in [3.63, 3.8) is 0 Å². The van der Waals surface area contributed by atoms with Gasteiger partial charge in [-0.25, -0.2) is 0 Å². The monoisotopic (exact) mass is 355 g/mol. The van der Waals surface area contributed by atoms with Crippen LogP contribution in [0.25, 0.3) is 0 Å². The van der Waals surface area contributed by atoms with Gasteiger partial charge in [0.1, 0.15) is 6.07 Å². The minimum Gasteiger partial charge on any atom is -0.348 e. The molecule has 6 heteroatoms. The first-order chi connectivity index (χ1) is 11.7. The van der Waals surface area contributed by atoms with Crippen molar-refractivity contribution in [3.8, 4) is 6.07 Å². The topological polar surface area (TPSA) is 64.9 Å². The van der Waals surface area contributed by atoms with Crippen molar-refractivity contribution < 1.29 is 4.79 Å². The van der Waals surface area contributed by atoms with Crippen LogP contribution in [-0.2, 0) is 0 Å². The number of hydrogen-bond donors (Lipinski definition) is 2. The van der Waals surface area contributed by atoms with Gasteiger partial charge in [0.05, 0.1) is 9.77 Å². The van der Waals surface area contributed by atoms with Crippen molar-refractivity contribution in [2.45, 2.75) is 46.5 Å². The van der Waals surface area contributed by atoms with Crippen molar-refractivity contribution in [1.29, 1.82) is 5.26 Å². The molecule has 2 bridgehead atoms. The molecule has 0 radical (unpaired) electrons. The normalized spacial score (nSPS) is 24.7. The lowest BCUT2D eigenvalue weighted by atomic mass is 9.95. The number of thiophene rings is 1. The lowest BCUT2D eigenvalue weighted by molar-refractivity contribution is 0.0931. The molecule has 24 heavy (non-hydrogen) atoms. The molecule has 122 valence electrons. The van der Waals surface area contributed by atoms with Gasteiger partial charge in [0.25, 0.3) is 5.91 Å². The molecule has 3 atom stereocenters. The zero-order valence-electron chi connectivity index (χ0n) is 13.0. The van der Waals surface area contributed by atoms with E-state index in [2.05, 4.69) is 16.7 Å². The average Bonchev–Trinajstić information content (AvgIpc) is 3.32. The van der Waals surface area contributed by atoms with Crippen LogP contribution in [-0.4, -0.2) is 24.0 Å². The van der Waals surface area contributed by atoms with Gasteiger partial charge in [-0.15, -0.1) is 11.3 Å². The Bertz CT molecular complexity index is 793. The number of carbonyl (C=O) groups is 1. The van der Waals surface area contributed by atoms with E-state index in [1.807, 2.05) is 35.7 Å². The van der Waals surface area contributed by atoms with E-state index in [0.717, 1.165) is 21.9 Å². The van der Waals surface area contributed by atoms with Crippen LogP contribution >= 0.6 is 23.1 Å². The summed E-state index contributed by atoms with van der Waals surface area (Å²) in [6.45, 7) is 0. The van der Waals surface area contributed by atoms with E-state index in [0.29, 0.717) is 23.2 Å². The highest BCUT2D eigenvalue weighted by Crippen LogP contribution is 2.33. The molecule has 2 aliphatic rings. The van der Waals surface area contributed by atoms with Crippen molar-refractivity contribution in [3.05, 3.63) is 46.8 Å². The summed E-state index contributed by atoms with van der Waals surface area (Å²) < 4.78 is 1.08. The lowest BCUT2D eigenvalue weighted by Gasteiger charge is -2.21. The van der Waals surface area contributed by atoms with Crippen molar-refractivity contribution in [2.24, 2.45) is 0 Å². The van der Waals surface area contributed by atoms with Gasteiger partial charge < -0.3 is 10.6 Å². The first-order valence-electron chi connectivity index (χ1n) is 8.05. The first-order valence-corrected chi connectivity index (χ1v) is 9.74. The molecule has 2 aliphatic heterocycles. The molecule has 1 amide bonds. The van der Waals surface area contributed by atoms with Gasteiger partial charge in [-0.3, -0.25) is 4.79 Å². The molecule has 0 saturated carbocycles. The Morgan fingerprint density at radius 1 is 1.33 bits per heavy atom. The second kappa shape index (κ2) is 6.60. The van der Waals surface area contributed by atoms with Crippen LogP contribution in [0.3, 0.4) is 0 Å². The largest absolute Gasteiger partial charge is 0.348 e. The van der Waals surface area contributed by atoms with Gasteiger partial charge in [-0.1, -0.05) is 11.8 Å². The predicted octanol–water partition coefficient (Wildman–Crippen LogP) is 3.39. The second-order valence-corrected chi connectivity index (χ2v) is 8.54. The highest BCUT2D eigenvalue weighted by Gasteiger charge is 2.39. The lowest BCUT2D eigenvalue weighted by Crippen LogP contribution is -2.42. The molecule has 2 fully saturated rings. The summed E-state index contributed by atoms with van der Waals surface area (Å²) in [5, 5.41) is 17.4. The highest BCUT2D eigenvalue weighted by atomic mass is 32.2. The van der Waals surface area contributed by atoms with Gasteiger partial charge in [0.15, 0.2) is 0 Å². The number of amides is 1. The van der Waals surface area contributed by atoms with E-state index in [1.54, 1.807) is 23.1 Å². The summed E-state index contributed by atoms with van der Waals surface area (Å²) in [7, 11) is 0. The number of nitrogens with zero attached hydrogens (tertiary/aromatic N) is 1. The van der Waals surface area contributed by atoms with E-state index in [1.165, 1.54) is 6.42 Å². The molecule has 3 heterocycles. The van der Waals surface area contributed by atoms with Crippen LogP contribution in [0.5, 0.6) is 0 Å². The summed E-state index contributed by atoms with van der Waals surface area (Å²) in [4.78, 5) is 13.5. The number of nitrogens with one attached hydrogen (secondary N) is 2. The molecule has 2 aromatic rings. The number of fused-ring (bicyclic) bond motifs is 2. The minimum absolute atomic E-state index is 0.00814. The number of rotatable bonds is 4. The Morgan fingerprint density at radius 2 is 2.17 bits per heavy atom. The number of nitriles is 1. The average molecular weight is 355 g/mol. The quantitative estimate of drug-likeness (QED) is 0.882. The zero-order valence-corrected chi connectivity index (χ0v) is 14.6. The smallest absolute Gasteiger partial charge is 0.251 e. The first kappa shape index (κ1) is 15.7. The fourth-order valence-electron chi connectivity index (χ4n) is 3.45. The van der Waals surface area contributed by atoms with Gasteiger partial charge in [0.2, 0.25) is 0 Å². The Morgan fingerprint density at radius 3 is 2.79 bits per heavy atom. The standard InChI is InChI=1S/C18H17N3OS2/c19-9-11-7-17(23-10-11)24-14-4-1-12(2-5-14)18(22)21-16-8-13-3-6-15(16)20-13/h1-2,4-5,7,10,13,15-16,20H,3,6,8H2,(H,21,22). The molecule has 3 unspecified atom stereocenters. The Labute approximate surface area is 149 Å². The third-order valence-corrected chi connectivity index (χ3v) is 6.74. The van der Waals surface area contributed by atoms with Crippen LogP contribution in [0.2, 0.25) is 0 Å². The fraction of sp³-hybridized carbons (Fsp3) is 0.333. The number of carbonyl (C=O) groups excluding carboxylic acids is 1. The van der Waals surface area contributed by atoms with Crippen LogP contribution < -0.4 is 10.6 Å². The summed E-state index contributed by atoms with van der Waals surface area (Å²) in [5.74, 6) is 0.00814. The molecule has 4 rings (SSSR count). The van der Waals surface area contributed by atoms with Crippen molar-refractivity contribution in [1.82, 2.24) is 10.6 Å². The van der Waals surface area contributed by atoms with Crippen LogP contribution in [0.1, 0.15) is 35.2 Å². The fourth-order valence-corrected chi connectivity index (χ4v) is 5.33. The van der Waals surface area contributed by atoms with Gasteiger partial charge >= 0.3 is 0 Å². The van der Waals surface area contributed by atoms with Crippen LogP contribution in [0.15, 0.2) is 44.8 Å². The van der Waals surface area contributed by atoms with E-state index in [9.17, 15) is 4.79 Å². The van der Waals surface area contributed by atoms with E-state index < -0.39 is 0 Å². The van der Waals surface area contributed by atoms with Crippen molar-refractivity contribution in [2.75, 3.05) is 0 Å². The Kier molecular flexibility index (Phi) is 4.31. The van der Waals surface area contributed by atoms with Gasteiger partial charge in [0, 0.05) is 34.0 Å². The molecular weight excluding hydrogens is 338 g/mol. The zero-order chi connectivity index (χ0) is 16.5.